The summed E-state index contributed by atoms with van der Waals surface area (Å²) in [5.74, 6) is 0.899. The molecule has 0 bridgehead atoms. The van der Waals surface area contributed by atoms with E-state index >= 15 is 0 Å². The number of fused-ring (bicyclic) bond motifs is 1. The van der Waals surface area contributed by atoms with Crippen molar-refractivity contribution in [3.63, 3.8) is 0 Å². The van der Waals surface area contributed by atoms with E-state index in [-0.39, 0.29) is 6.04 Å². The maximum atomic E-state index is 5.72. The Hall–Kier alpha value is -0.940. The van der Waals surface area contributed by atoms with Gasteiger partial charge in [-0.15, -0.1) is 10.2 Å². The van der Waals surface area contributed by atoms with E-state index in [1.165, 1.54) is 0 Å². The van der Waals surface area contributed by atoms with E-state index in [4.69, 9.17) is 5.73 Å². The van der Waals surface area contributed by atoms with Crippen LogP contribution in [-0.4, -0.2) is 20.6 Å². The Labute approximate surface area is 90.3 Å². The summed E-state index contributed by atoms with van der Waals surface area (Å²) < 4.78 is 2.90. The van der Waals surface area contributed by atoms with Crippen LogP contribution in [0, 0.1) is 0 Å². The van der Waals surface area contributed by atoms with Crippen LogP contribution in [0.2, 0.25) is 0 Å². The minimum Gasteiger partial charge on any atom is -0.328 e. The Morgan fingerprint density at radius 3 is 3.07 bits per heavy atom. The van der Waals surface area contributed by atoms with Gasteiger partial charge in [0, 0.05) is 18.7 Å². The van der Waals surface area contributed by atoms with Gasteiger partial charge in [-0.1, -0.05) is 0 Å². The summed E-state index contributed by atoms with van der Waals surface area (Å²) >= 11 is 3.42. The molecule has 2 aromatic heterocycles. The predicted molar refractivity (Wildman–Crippen MR) is 58.0 cm³/mol. The Kier molecular flexibility index (Phi) is 2.52. The summed E-state index contributed by atoms with van der Waals surface area (Å²) in [6.45, 7) is 1.96. The molecule has 4 nitrogen and oxygen atoms in total. The van der Waals surface area contributed by atoms with Crippen molar-refractivity contribution in [2.75, 3.05) is 0 Å². The van der Waals surface area contributed by atoms with Crippen molar-refractivity contribution < 1.29 is 0 Å². The maximum Gasteiger partial charge on any atom is 0.175 e. The van der Waals surface area contributed by atoms with Crippen molar-refractivity contribution >= 4 is 21.6 Å². The number of halogens is 1. The van der Waals surface area contributed by atoms with Crippen LogP contribution in [0.3, 0.4) is 0 Å². The Bertz CT molecular complexity index is 449. The highest BCUT2D eigenvalue weighted by Crippen LogP contribution is 2.16. The van der Waals surface area contributed by atoms with Gasteiger partial charge in [-0.25, -0.2) is 0 Å². The average Bonchev–Trinajstić information content (AvgIpc) is 2.49. The van der Waals surface area contributed by atoms with Gasteiger partial charge in [0.1, 0.15) is 5.82 Å². The first-order valence-electron chi connectivity index (χ1n) is 4.42. The number of hydrogen-bond donors (Lipinski definition) is 1. The topological polar surface area (TPSA) is 56.2 Å². The second kappa shape index (κ2) is 3.67. The molecular formula is C9H11BrN4. The van der Waals surface area contributed by atoms with E-state index in [0.29, 0.717) is 0 Å². The van der Waals surface area contributed by atoms with Gasteiger partial charge in [0.05, 0.1) is 4.47 Å². The van der Waals surface area contributed by atoms with Crippen LogP contribution in [0.1, 0.15) is 12.7 Å². The highest BCUT2D eigenvalue weighted by atomic mass is 79.9. The molecule has 0 spiro atoms. The van der Waals surface area contributed by atoms with Crippen LogP contribution >= 0.6 is 15.9 Å². The summed E-state index contributed by atoms with van der Waals surface area (Å²) in [5.41, 5.74) is 6.56. The third-order valence-electron chi connectivity index (χ3n) is 1.96. The molecule has 2 aromatic rings. The zero-order chi connectivity index (χ0) is 10.1. The molecule has 2 heterocycles. The predicted octanol–water partition coefficient (Wildman–Crippen LogP) is 1.38. The summed E-state index contributed by atoms with van der Waals surface area (Å²) in [4.78, 5) is 0. The molecule has 0 amide bonds. The number of hydrogen-bond acceptors (Lipinski definition) is 3. The van der Waals surface area contributed by atoms with Crippen LogP contribution < -0.4 is 5.73 Å². The van der Waals surface area contributed by atoms with Crippen molar-refractivity contribution in [1.82, 2.24) is 14.6 Å². The molecule has 0 saturated carbocycles. The number of aromatic nitrogens is 3. The molecule has 0 aliphatic carbocycles. The van der Waals surface area contributed by atoms with Gasteiger partial charge in [-0.05, 0) is 35.0 Å². The fraction of sp³-hybridized carbons (Fsp3) is 0.333. The minimum absolute atomic E-state index is 0.0985. The standard InChI is InChI=1S/C9H11BrN4/c1-6(11)5-8-12-13-9-7(10)3-2-4-14(8)9/h2-4,6H,5,11H2,1H3. The van der Waals surface area contributed by atoms with Crippen molar-refractivity contribution in [3.8, 4) is 0 Å². The van der Waals surface area contributed by atoms with E-state index in [9.17, 15) is 0 Å². The highest BCUT2D eigenvalue weighted by molar-refractivity contribution is 9.10. The van der Waals surface area contributed by atoms with Gasteiger partial charge in [0.2, 0.25) is 0 Å². The lowest BCUT2D eigenvalue weighted by Gasteiger charge is -2.02. The van der Waals surface area contributed by atoms with E-state index in [2.05, 4.69) is 26.1 Å². The van der Waals surface area contributed by atoms with Gasteiger partial charge in [-0.2, -0.15) is 0 Å². The first-order chi connectivity index (χ1) is 6.68. The molecule has 5 heteroatoms. The van der Waals surface area contributed by atoms with Crippen molar-refractivity contribution in [3.05, 3.63) is 28.6 Å². The van der Waals surface area contributed by atoms with E-state index in [1.54, 1.807) is 0 Å². The summed E-state index contributed by atoms with van der Waals surface area (Å²) in [6.07, 6.45) is 2.68. The maximum absolute atomic E-state index is 5.72. The van der Waals surface area contributed by atoms with Crippen LogP contribution in [0.4, 0.5) is 0 Å². The second-order valence-electron chi connectivity index (χ2n) is 3.35. The lowest BCUT2D eigenvalue weighted by Crippen LogP contribution is -2.19. The van der Waals surface area contributed by atoms with Crippen molar-refractivity contribution in [2.24, 2.45) is 5.73 Å². The van der Waals surface area contributed by atoms with Crippen LogP contribution in [0.5, 0.6) is 0 Å². The number of nitrogens with two attached hydrogens (primary N) is 1. The van der Waals surface area contributed by atoms with Gasteiger partial charge >= 0.3 is 0 Å². The lowest BCUT2D eigenvalue weighted by molar-refractivity contribution is 0.695. The normalized spacial score (nSPS) is 13.4. The molecule has 2 N–H and O–H groups in total. The van der Waals surface area contributed by atoms with E-state index in [1.807, 2.05) is 29.7 Å². The van der Waals surface area contributed by atoms with Gasteiger partial charge in [-0.3, -0.25) is 4.40 Å². The van der Waals surface area contributed by atoms with Gasteiger partial charge in [0.25, 0.3) is 0 Å². The molecule has 0 saturated heterocycles. The summed E-state index contributed by atoms with van der Waals surface area (Å²) in [5, 5.41) is 8.18. The van der Waals surface area contributed by atoms with E-state index < -0.39 is 0 Å². The highest BCUT2D eigenvalue weighted by Gasteiger charge is 2.08. The smallest absolute Gasteiger partial charge is 0.175 e. The fourth-order valence-electron chi connectivity index (χ4n) is 1.36. The Balaban J connectivity index is 2.52. The Morgan fingerprint density at radius 1 is 1.57 bits per heavy atom. The molecule has 1 atom stereocenters. The molecule has 2 rings (SSSR count). The monoisotopic (exact) mass is 254 g/mol. The molecule has 14 heavy (non-hydrogen) atoms. The molecule has 74 valence electrons. The van der Waals surface area contributed by atoms with Gasteiger partial charge in [0.15, 0.2) is 5.65 Å². The minimum atomic E-state index is 0.0985. The number of nitrogens with zero attached hydrogens (tertiary/aromatic N) is 3. The molecule has 0 aromatic carbocycles. The molecule has 1 unspecified atom stereocenters. The second-order valence-corrected chi connectivity index (χ2v) is 4.20. The third kappa shape index (κ3) is 1.65. The zero-order valence-corrected chi connectivity index (χ0v) is 9.40. The molecule has 0 aliphatic heterocycles. The van der Waals surface area contributed by atoms with Crippen LogP contribution in [0.25, 0.3) is 5.65 Å². The van der Waals surface area contributed by atoms with Crippen LogP contribution in [0.15, 0.2) is 22.8 Å². The third-order valence-corrected chi connectivity index (χ3v) is 2.58. The van der Waals surface area contributed by atoms with Gasteiger partial charge < -0.3 is 5.73 Å². The van der Waals surface area contributed by atoms with Crippen molar-refractivity contribution in [2.45, 2.75) is 19.4 Å². The van der Waals surface area contributed by atoms with Crippen LogP contribution in [-0.2, 0) is 6.42 Å². The summed E-state index contributed by atoms with van der Waals surface area (Å²) in [7, 11) is 0. The Morgan fingerprint density at radius 2 is 2.36 bits per heavy atom. The fourth-order valence-corrected chi connectivity index (χ4v) is 1.78. The summed E-state index contributed by atoms with van der Waals surface area (Å²) in [6, 6.07) is 3.99. The molecule has 0 aliphatic rings. The first kappa shape index (κ1) is 9.61. The number of pyridine rings is 1. The average molecular weight is 255 g/mol. The SMILES string of the molecule is CC(N)Cc1nnc2c(Br)cccn12. The lowest BCUT2D eigenvalue weighted by atomic mass is 10.2. The quantitative estimate of drug-likeness (QED) is 0.882. The largest absolute Gasteiger partial charge is 0.328 e. The van der Waals surface area contributed by atoms with Crippen molar-refractivity contribution in [1.29, 1.82) is 0 Å². The molecule has 0 radical (unpaired) electrons. The zero-order valence-electron chi connectivity index (χ0n) is 7.81. The van der Waals surface area contributed by atoms with E-state index in [0.717, 1.165) is 22.4 Å². The first-order valence-corrected chi connectivity index (χ1v) is 5.21. The molecular weight excluding hydrogens is 244 g/mol. The number of rotatable bonds is 2. The molecule has 0 fully saturated rings.